The second-order valence-corrected chi connectivity index (χ2v) is 3.31. The third kappa shape index (κ3) is 1.37. The van der Waals surface area contributed by atoms with Crippen LogP contribution < -0.4 is 10.5 Å². The molecule has 0 spiro atoms. The number of nitrogens with two attached hydrogens (primary N) is 1. The number of nitrogen functional groups attached to an aromatic ring is 1. The number of hydrogen-bond acceptors (Lipinski definition) is 2. The summed E-state index contributed by atoms with van der Waals surface area (Å²) >= 11 is 0. The molecule has 0 amide bonds. The van der Waals surface area contributed by atoms with Crippen molar-refractivity contribution in [3.8, 4) is 5.75 Å². The molecule has 1 aromatic rings. The van der Waals surface area contributed by atoms with Crippen LogP contribution in [0.25, 0.3) is 0 Å². The van der Waals surface area contributed by atoms with Gasteiger partial charge in [0.05, 0.1) is 11.8 Å². The van der Waals surface area contributed by atoms with Crippen molar-refractivity contribution in [1.82, 2.24) is 0 Å². The lowest BCUT2D eigenvalue weighted by atomic mass is 10.2. The van der Waals surface area contributed by atoms with E-state index in [-0.39, 0.29) is 0 Å². The van der Waals surface area contributed by atoms with Gasteiger partial charge < -0.3 is 10.5 Å². The van der Waals surface area contributed by atoms with Crippen LogP contribution >= 0.6 is 0 Å². The fourth-order valence-corrected chi connectivity index (χ4v) is 1.19. The molecule has 0 bridgehead atoms. The van der Waals surface area contributed by atoms with Crippen molar-refractivity contribution < 1.29 is 4.74 Å². The zero-order valence-electron chi connectivity index (χ0n) is 7.21. The lowest BCUT2D eigenvalue weighted by Crippen LogP contribution is -2.01. The van der Waals surface area contributed by atoms with Crippen molar-refractivity contribution in [2.24, 2.45) is 0 Å². The first-order chi connectivity index (χ1) is 5.77. The zero-order chi connectivity index (χ0) is 8.55. The van der Waals surface area contributed by atoms with E-state index in [9.17, 15) is 0 Å². The Bertz CT molecular complexity index is 272. The molecule has 64 valence electrons. The van der Waals surface area contributed by atoms with E-state index < -0.39 is 0 Å². The molecule has 0 aliphatic heterocycles. The standard InChI is InChI=1S/C10H13NO/c1-7-3-2-4-9(11)10(7)12-8-5-6-8/h2-4,8H,5-6,11H2,1H3. The van der Waals surface area contributed by atoms with Gasteiger partial charge in [-0.1, -0.05) is 12.1 Å². The molecule has 0 saturated heterocycles. The van der Waals surface area contributed by atoms with E-state index in [1.807, 2.05) is 25.1 Å². The third-order valence-electron chi connectivity index (χ3n) is 2.05. The van der Waals surface area contributed by atoms with Gasteiger partial charge in [-0.3, -0.25) is 0 Å². The van der Waals surface area contributed by atoms with E-state index in [0.717, 1.165) is 17.0 Å². The van der Waals surface area contributed by atoms with Gasteiger partial charge in [0, 0.05) is 0 Å². The van der Waals surface area contributed by atoms with Crippen LogP contribution in [0.15, 0.2) is 18.2 Å². The van der Waals surface area contributed by atoms with Crippen molar-refractivity contribution >= 4 is 5.69 Å². The minimum absolute atomic E-state index is 0.424. The van der Waals surface area contributed by atoms with Crippen molar-refractivity contribution in [2.75, 3.05) is 5.73 Å². The van der Waals surface area contributed by atoms with Gasteiger partial charge in [0.15, 0.2) is 0 Å². The smallest absolute Gasteiger partial charge is 0.145 e. The Morgan fingerprint density at radius 1 is 1.42 bits per heavy atom. The maximum atomic E-state index is 5.77. The van der Waals surface area contributed by atoms with E-state index in [4.69, 9.17) is 10.5 Å². The van der Waals surface area contributed by atoms with E-state index >= 15 is 0 Å². The van der Waals surface area contributed by atoms with E-state index in [1.165, 1.54) is 12.8 Å². The van der Waals surface area contributed by atoms with Crippen molar-refractivity contribution in [2.45, 2.75) is 25.9 Å². The SMILES string of the molecule is Cc1cccc(N)c1OC1CC1. The normalized spacial score (nSPS) is 16.1. The van der Waals surface area contributed by atoms with Crippen LogP contribution in [0.5, 0.6) is 5.75 Å². The summed E-state index contributed by atoms with van der Waals surface area (Å²) in [6.07, 6.45) is 2.77. The summed E-state index contributed by atoms with van der Waals surface area (Å²) in [4.78, 5) is 0. The van der Waals surface area contributed by atoms with Crippen LogP contribution in [-0.4, -0.2) is 6.10 Å². The van der Waals surface area contributed by atoms with Crippen molar-refractivity contribution in [3.05, 3.63) is 23.8 Å². The van der Waals surface area contributed by atoms with Crippen LogP contribution in [0.4, 0.5) is 5.69 Å². The largest absolute Gasteiger partial charge is 0.488 e. The van der Waals surface area contributed by atoms with Gasteiger partial charge in [-0.25, -0.2) is 0 Å². The molecule has 12 heavy (non-hydrogen) atoms. The van der Waals surface area contributed by atoms with Crippen LogP contribution in [-0.2, 0) is 0 Å². The summed E-state index contributed by atoms with van der Waals surface area (Å²) in [5, 5.41) is 0. The maximum absolute atomic E-state index is 5.77. The number of hydrogen-bond donors (Lipinski definition) is 1. The van der Waals surface area contributed by atoms with Gasteiger partial charge in [-0.2, -0.15) is 0 Å². The minimum Gasteiger partial charge on any atom is -0.488 e. The highest BCUT2D eigenvalue weighted by atomic mass is 16.5. The van der Waals surface area contributed by atoms with Gasteiger partial charge in [0.25, 0.3) is 0 Å². The molecule has 1 saturated carbocycles. The number of para-hydroxylation sites is 1. The highest BCUT2D eigenvalue weighted by Crippen LogP contribution is 2.32. The lowest BCUT2D eigenvalue weighted by molar-refractivity contribution is 0.303. The van der Waals surface area contributed by atoms with Crippen molar-refractivity contribution in [3.63, 3.8) is 0 Å². The number of anilines is 1. The summed E-state index contributed by atoms with van der Waals surface area (Å²) in [6.45, 7) is 2.02. The van der Waals surface area contributed by atoms with E-state index in [1.54, 1.807) is 0 Å². The quantitative estimate of drug-likeness (QED) is 0.678. The molecule has 2 N–H and O–H groups in total. The molecule has 0 aromatic heterocycles. The van der Waals surface area contributed by atoms with Gasteiger partial charge >= 0.3 is 0 Å². The first-order valence-electron chi connectivity index (χ1n) is 4.29. The van der Waals surface area contributed by atoms with Crippen LogP contribution in [0.2, 0.25) is 0 Å². The fourth-order valence-electron chi connectivity index (χ4n) is 1.19. The van der Waals surface area contributed by atoms with Crippen LogP contribution in [0, 0.1) is 6.92 Å². The topological polar surface area (TPSA) is 35.2 Å². The Morgan fingerprint density at radius 2 is 2.17 bits per heavy atom. The molecule has 0 unspecified atom stereocenters. The Morgan fingerprint density at radius 3 is 2.75 bits per heavy atom. The average Bonchev–Trinajstić information content (AvgIpc) is 2.80. The summed E-state index contributed by atoms with van der Waals surface area (Å²) in [6, 6.07) is 5.85. The minimum atomic E-state index is 0.424. The highest BCUT2D eigenvalue weighted by molar-refractivity contribution is 5.56. The first-order valence-corrected chi connectivity index (χ1v) is 4.29. The molecule has 0 heterocycles. The molecule has 2 heteroatoms. The highest BCUT2D eigenvalue weighted by Gasteiger charge is 2.24. The van der Waals surface area contributed by atoms with Crippen LogP contribution in [0.3, 0.4) is 0 Å². The predicted octanol–water partition coefficient (Wildman–Crippen LogP) is 2.12. The Labute approximate surface area is 72.3 Å². The Balaban J connectivity index is 2.26. The molecule has 1 aromatic carbocycles. The summed E-state index contributed by atoms with van der Waals surface area (Å²) in [5.74, 6) is 0.875. The van der Waals surface area contributed by atoms with Gasteiger partial charge in [-0.15, -0.1) is 0 Å². The fraction of sp³-hybridized carbons (Fsp3) is 0.400. The summed E-state index contributed by atoms with van der Waals surface area (Å²) in [5.41, 5.74) is 7.65. The lowest BCUT2D eigenvalue weighted by Gasteiger charge is -2.09. The predicted molar refractivity (Wildman–Crippen MR) is 49.2 cm³/mol. The summed E-state index contributed by atoms with van der Waals surface area (Å²) < 4.78 is 5.66. The maximum Gasteiger partial charge on any atom is 0.145 e. The summed E-state index contributed by atoms with van der Waals surface area (Å²) in [7, 11) is 0. The average molecular weight is 163 g/mol. The second-order valence-electron chi connectivity index (χ2n) is 3.31. The molecule has 2 nitrogen and oxygen atoms in total. The molecular weight excluding hydrogens is 150 g/mol. The monoisotopic (exact) mass is 163 g/mol. The number of aryl methyl sites for hydroxylation is 1. The van der Waals surface area contributed by atoms with Gasteiger partial charge in [0.2, 0.25) is 0 Å². The van der Waals surface area contributed by atoms with E-state index in [0.29, 0.717) is 6.10 Å². The van der Waals surface area contributed by atoms with E-state index in [2.05, 4.69) is 0 Å². The second kappa shape index (κ2) is 2.70. The molecule has 1 aliphatic rings. The molecular formula is C10H13NO. The molecule has 1 aliphatic carbocycles. The van der Waals surface area contributed by atoms with Gasteiger partial charge in [-0.05, 0) is 31.4 Å². The zero-order valence-corrected chi connectivity index (χ0v) is 7.21. The Kier molecular flexibility index (Phi) is 1.68. The number of ether oxygens (including phenoxy) is 1. The van der Waals surface area contributed by atoms with Crippen molar-refractivity contribution in [1.29, 1.82) is 0 Å². The van der Waals surface area contributed by atoms with Gasteiger partial charge in [0.1, 0.15) is 5.75 Å². The molecule has 0 radical (unpaired) electrons. The molecule has 2 rings (SSSR count). The number of rotatable bonds is 2. The van der Waals surface area contributed by atoms with Crippen LogP contribution in [0.1, 0.15) is 18.4 Å². The molecule has 0 atom stereocenters. The third-order valence-corrected chi connectivity index (χ3v) is 2.05. The molecule has 1 fully saturated rings. The Hall–Kier alpha value is -1.18. The first kappa shape index (κ1) is 7.47. The number of benzene rings is 1.